The first kappa shape index (κ1) is 16.1. The number of aryl methyl sites for hydroxylation is 1. The average Bonchev–Trinajstić information content (AvgIpc) is 2.41. The Kier molecular flexibility index (Phi) is 4.81. The van der Waals surface area contributed by atoms with Gasteiger partial charge in [0.25, 0.3) is 0 Å². The summed E-state index contributed by atoms with van der Waals surface area (Å²) in [4.78, 5) is -0.0939. The lowest BCUT2D eigenvalue weighted by atomic mass is 10.0. The number of sulfonamides is 1. The van der Waals surface area contributed by atoms with Crippen LogP contribution in [-0.2, 0) is 10.0 Å². The summed E-state index contributed by atoms with van der Waals surface area (Å²) in [6.07, 6.45) is 0. The van der Waals surface area contributed by atoms with E-state index in [9.17, 15) is 12.8 Å². The molecule has 2 aromatic carbocycles. The molecule has 1 atom stereocenters. The molecule has 1 unspecified atom stereocenters. The minimum absolute atomic E-state index is 0.0939. The summed E-state index contributed by atoms with van der Waals surface area (Å²) in [5.41, 5.74) is 1.88. The molecule has 0 saturated carbocycles. The molecule has 0 heterocycles. The first-order valence-corrected chi connectivity index (χ1v) is 8.62. The molecular formula is C15H15BrFNO2S. The van der Waals surface area contributed by atoms with Crippen molar-refractivity contribution in [3.8, 4) is 0 Å². The zero-order chi connectivity index (χ0) is 15.6. The van der Waals surface area contributed by atoms with Crippen LogP contribution in [0.4, 0.5) is 4.39 Å². The summed E-state index contributed by atoms with van der Waals surface area (Å²) in [5, 5.41) is 0. The fourth-order valence-electron chi connectivity index (χ4n) is 2.08. The molecule has 0 aliphatic rings. The van der Waals surface area contributed by atoms with Crippen molar-refractivity contribution in [2.45, 2.75) is 24.8 Å². The van der Waals surface area contributed by atoms with Gasteiger partial charge in [-0.15, -0.1) is 0 Å². The molecule has 3 nitrogen and oxygen atoms in total. The van der Waals surface area contributed by atoms with E-state index in [1.165, 1.54) is 12.1 Å². The van der Waals surface area contributed by atoms with Crippen LogP contribution in [0, 0.1) is 12.7 Å². The second-order valence-electron chi connectivity index (χ2n) is 4.78. The van der Waals surface area contributed by atoms with E-state index >= 15 is 0 Å². The molecule has 6 heteroatoms. The molecule has 112 valence electrons. The van der Waals surface area contributed by atoms with E-state index in [2.05, 4.69) is 20.7 Å². The zero-order valence-corrected chi connectivity index (χ0v) is 14.0. The van der Waals surface area contributed by atoms with Crippen LogP contribution in [0.5, 0.6) is 0 Å². The highest BCUT2D eigenvalue weighted by Crippen LogP contribution is 2.22. The summed E-state index contributed by atoms with van der Waals surface area (Å²) >= 11 is 3.00. The van der Waals surface area contributed by atoms with Gasteiger partial charge >= 0.3 is 0 Å². The van der Waals surface area contributed by atoms with Crippen molar-refractivity contribution in [1.82, 2.24) is 4.72 Å². The molecular weight excluding hydrogens is 357 g/mol. The van der Waals surface area contributed by atoms with Crippen molar-refractivity contribution in [2.24, 2.45) is 0 Å². The van der Waals surface area contributed by atoms with Gasteiger partial charge in [-0.3, -0.25) is 0 Å². The normalized spacial score (nSPS) is 13.1. The van der Waals surface area contributed by atoms with Crippen LogP contribution >= 0.6 is 15.9 Å². The SMILES string of the molecule is Cc1ccccc1C(C)NS(=O)(=O)c1ccc(Br)c(F)c1. The van der Waals surface area contributed by atoms with Gasteiger partial charge in [-0.1, -0.05) is 24.3 Å². The number of halogens is 2. The van der Waals surface area contributed by atoms with Crippen LogP contribution in [0.25, 0.3) is 0 Å². The van der Waals surface area contributed by atoms with Gasteiger partial charge in [-0.25, -0.2) is 17.5 Å². The lowest BCUT2D eigenvalue weighted by Gasteiger charge is -2.16. The predicted molar refractivity (Wildman–Crippen MR) is 84.0 cm³/mol. The molecule has 0 aliphatic heterocycles. The highest BCUT2D eigenvalue weighted by Gasteiger charge is 2.20. The summed E-state index contributed by atoms with van der Waals surface area (Å²) in [7, 11) is -3.77. The Hall–Kier alpha value is -1.24. The zero-order valence-electron chi connectivity index (χ0n) is 11.6. The maximum absolute atomic E-state index is 13.5. The molecule has 21 heavy (non-hydrogen) atoms. The van der Waals surface area contributed by atoms with Crippen molar-refractivity contribution in [3.05, 3.63) is 63.9 Å². The molecule has 0 aliphatic carbocycles. The first-order valence-electron chi connectivity index (χ1n) is 6.34. The lowest BCUT2D eigenvalue weighted by Crippen LogP contribution is -2.27. The van der Waals surface area contributed by atoms with Gasteiger partial charge < -0.3 is 0 Å². The summed E-state index contributed by atoms with van der Waals surface area (Å²) in [5.74, 6) is -0.610. The van der Waals surface area contributed by atoms with Crippen molar-refractivity contribution in [2.75, 3.05) is 0 Å². The maximum atomic E-state index is 13.5. The molecule has 0 radical (unpaired) electrons. The van der Waals surface area contributed by atoms with E-state index in [-0.39, 0.29) is 9.37 Å². The summed E-state index contributed by atoms with van der Waals surface area (Å²) in [6, 6.07) is 10.9. The molecule has 0 fully saturated rings. The number of nitrogens with one attached hydrogen (secondary N) is 1. The van der Waals surface area contributed by atoms with E-state index in [0.717, 1.165) is 17.2 Å². The molecule has 0 aromatic heterocycles. The van der Waals surface area contributed by atoms with Gasteiger partial charge in [0.2, 0.25) is 10.0 Å². The Morgan fingerprint density at radius 1 is 1.19 bits per heavy atom. The van der Waals surface area contributed by atoms with Gasteiger partial charge in [0, 0.05) is 6.04 Å². The molecule has 0 spiro atoms. The number of benzene rings is 2. The van der Waals surface area contributed by atoms with Gasteiger partial charge in [0.15, 0.2) is 0 Å². The van der Waals surface area contributed by atoms with Crippen molar-refractivity contribution >= 4 is 26.0 Å². The van der Waals surface area contributed by atoms with Crippen molar-refractivity contribution < 1.29 is 12.8 Å². The summed E-state index contributed by atoms with van der Waals surface area (Å²) in [6.45, 7) is 3.68. The standard InChI is InChI=1S/C15H15BrFNO2S/c1-10-5-3-4-6-13(10)11(2)18-21(19,20)12-7-8-14(16)15(17)9-12/h3-9,11,18H,1-2H3. The van der Waals surface area contributed by atoms with Crippen LogP contribution in [0.1, 0.15) is 24.1 Å². The third-order valence-electron chi connectivity index (χ3n) is 3.19. The smallest absolute Gasteiger partial charge is 0.207 e. The Morgan fingerprint density at radius 3 is 2.48 bits per heavy atom. The molecule has 0 bridgehead atoms. The van der Waals surface area contributed by atoms with E-state index < -0.39 is 21.9 Å². The minimum atomic E-state index is -3.77. The molecule has 2 rings (SSSR count). The predicted octanol–water partition coefficient (Wildman–Crippen LogP) is 3.94. The fraction of sp³-hybridized carbons (Fsp3) is 0.200. The largest absolute Gasteiger partial charge is 0.241 e. The van der Waals surface area contributed by atoms with E-state index in [4.69, 9.17) is 0 Å². The molecule has 1 N–H and O–H groups in total. The van der Waals surface area contributed by atoms with Gasteiger partial charge in [0.05, 0.1) is 9.37 Å². The van der Waals surface area contributed by atoms with Crippen LogP contribution in [-0.4, -0.2) is 8.42 Å². The number of rotatable bonds is 4. The van der Waals surface area contributed by atoms with Crippen LogP contribution in [0.2, 0.25) is 0 Å². The Labute approximate surface area is 132 Å². The van der Waals surface area contributed by atoms with Gasteiger partial charge in [-0.2, -0.15) is 0 Å². The van der Waals surface area contributed by atoms with E-state index in [1.54, 1.807) is 6.92 Å². The van der Waals surface area contributed by atoms with Gasteiger partial charge in [0.1, 0.15) is 5.82 Å². The monoisotopic (exact) mass is 371 g/mol. The van der Waals surface area contributed by atoms with E-state index in [1.807, 2.05) is 31.2 Å². The molecule has 0 saturated heterocycles. The fourth-order valence-corrected chi connectivity index (χ4v) is 3.56. The highest BCUT2D eigenvalue weighted by molar-refractivity contribution is 9.10. The molecule has 0 amide bonds. The minimum Gasteiger partial charge on any atom is -0.207 e. The highest BCUT2D eigenvalue weighted by atomic mass is 79.9. The Morgan fingerprint density at radius 2 is 1.86 bits per heavy atom. The second kappa shape index (κ2) is 6.25. The third-order valence-corrected chi connectivity index (χ3v) is 5.37. The maximum Gasteiger partial charge on any atom is 0.241 e. The average molecular weight is 372 g/mol. The van der Waals surface area contributed by atoms with Crippen molar-refractivity contribution in [1.29, 1.82) is 0 Å². The topological polar surface area (TPSA) is 46.2 Å². The molecule has 2 aromatic rings. The van der Waals surface area contributed by atoms with Crippen LogP contribution in [0.15, 0.2) is 51.8 Å². The quantitative estimate of drug-likeness (QED) is 0.884. The van der Waals surface area contributed by atoms with Crippen LogP contribution in [0.3, 0.4) is 0 Å². The van der Waals surface area contributed by atoms with Gasteiger partial charge in [-0.05, 0) is 59.1 Å². The Balaban J connectivity index is 2.29. The van der Waals surface area contributed by atoms with Crippen LogP contribution < -0.4 is 4.72 Å². The van der Waals surface area contributed by atoms with Crippen molar-refractivity contribution in [3.63, 3.8) is 0 Å². The van der Waals surface area contributed by atoms with E-state index in [0.29, 0.717) is 0 Å². The number of hydrogen-bond acceptors (Lipinski definition) is 2. The number of hydrogen-bond donors (Lipinski definition) is 1. The Bertz CT molecular complexity index is 762. The lowest BCUT2D eigenvalue weighted by molar-refractivity contribution is 0.563. The third kappa shape index (κ3) is 3.70. The first-order chi connectivity index (χ1) is 9.81. The second-order valence-corrected chi connectivity index (χ2v) is 7.34. The summed E-state index contributed by atoms with van der Waals surface area (Å²) < 4.78 is 40.9.